The van der Waals surface area contributed by atoms with Gasteiger partial charge in [-0.05, 0) is 128 Å². The maximum atomic E-state index is 15.4. The number of piperidine rings is 3. The quantitative estimate of drug-likeness (QED) is 0.0970. The van der Waals surface area contributed by atoms with Gasteiger partial charge in [0.1, 0.15) is 29.1 Å². The van der Waals surface area contributed by atoms with Crippen LogP contribution in [0.5, 0.6) is 0 Å². The number of carbonyl (C=O) groups excluding carboxylic acids is 3. The molecule has 1 atom stereocenters. The largest absolute Gasteiger partial charge is 0.369 e. The van der Waals surface area contributed by atoms with Gasteiger partial charge in [0.25, 0.3) is 5.91 Å². The zero-order chi connectivity index (χ0) is 44.6. The maximum absolute atomic E-state index is 15.4. The highest BCUT2D eigenvalue weighted by molar-refractivity contribution is 7.97. The lowest BCUT2D eigenvalue weighted by molar-refractivity contribution is -0.108. The number of nitrogens with one attached hydrogen (secondary N) is 1. The van der Waals surface area contributed by atoms with Crippen molar-refractivity contribution in [1.29, 1.82) is 0 Å². The molecule has 12 nitrogen and oxygen atoms in total. The van der Waals surface area contributed by atoms with Crippen LogP contribution in [0, 0.1) is 29.8 Å². The van der Waals surface area contributed by atoms with Crippen molar-refractivity contribution in [2.24, 2.45) is 5.41 Å². The second-order valence-corrected chi connectivity index (χ2v) is 20.0. The summed E-state index contributed by atoms with van der Waals surface area (Å²) >= 11 is 1.99. The fraction of sp³-hybridized carbons (Fsp3) is 0.574. The SMILES string of the molecule is Cc1nc2c(F)cc(-c3nc(NC4CCN(SC5CCN(C6CC7(CCN(c8cc(C(=O)N(C)C(C)CCC=O)c(C=O)cc8F)CC7)C6)CC5)CC4)ncc3F)cc2n1C(C)C. The Hall–Kier alpha value is -4.54. The van der Waals surface area contributed by atoms with Crippen LogP contribution in [0.15, 0.2) is 30.5 Å². The Morgan fingerprint density at radius 2 is 1.65 bits per heavy atom. The number of benzene rings is 2. The molecule has 5 heterocycles. The number of hydrogen-bond acceptors (Lipinski definition) is 11. The number of aryl methyl sites for hydroxylation is 1. The molecule has 8 rings (SSSR count). The topological polar surface area (TPSA) is 120 Å². The third-order valence-electron chi connectivity index (χ3n) is 14.2. The normalized spacial score (nSPS) is 19.7. The van der Waals surface area contributed by atoms with E-state index < -0.39 is 17.5 Å². The van der Waals surface area contributed by atoms with Crippen molar-refractivity contribution in [3.63, 3.8) is 0 Å². The number of hydrogen-bond donors (Lipinski definition) is 1. The van der Waals surface area contributed by atoms with Crippen molar-refractivity contribution in [3.05, 3.63) is 64.9 Å². The highest BCUT2D eigenvalue weighted by atomic mass is 32.2. The lowest BCUT2D eigenvalue weighted by atomic mass is 9.59. The van der Waals surface area contributed by atoms with E-state index in [1.54, 1.807) is 19.2 Å². The number of halogens is 3. The van der Waals surface area contributed by atoms with Crippen molar-refractivity contribution < 1.29 is 27.6 Å². The smallest absolute Gasteiger partial charge is 0.254 e. The molecule has 3 saturated heterocycles. The van der Waals surface area contributed by atoms with Gasteiger partial charge in [0.05, 0.1) is 23.0 Å². The summed E-state index contributed by atoms with van der Waals surface area (Å²) in [4.78, 5) is 55.6. The first-order valence-corrected chi connectivity index (χ1v) is 23.5. The summed E-state index contributed by atoms with van der Waals surface area (Å²) in [5.41, 5.74) is 2.16. The molecule has 1 N–H and O–H groups in total. The van der Waals surface area contributed by atoms with Crippen molar-refractivity contribution in [3.8, 4) is 11.3 Å². The van der Waals surface area contributed by atoms with Crippen LogP contribution in [0.3, 0.4) is 0 Å². The van der Waals surface area contributed by atoms with Gasteiger partial charge in [-0.25, -0.2) is 28.1 Å². The van der Waals surface area contributed by atoms with E-state index in [4.69, 9.17) is 0 Å². The van der Waals surface area contributed by atoms with Crippen molar-refractivity contribution >= 4 is 53.1 Å². The molecule has 4 fully saturated rings. The van der Waals surface area contributed by atoms with Gasteiger partial charge in [-0.1, -0.05) is 11.9 Å². The lowest BCUT2D eigenvalue weighted by Crippen LogP contribution is -2.56. The van der Waals surface area contributed by atoms with E-state index in [1.807, 2.05) is 49.1 Å². The molecule has 0 bridgehead atoms. The van der Waals surface area contributed by atoms with Gasteiger partial charge in [-0.2, -0.15) is 0 Å². The van der Waals surface area contributed by atoms with Gasteiger partial charge in [-0.3, -0.25) is 13.9 Å². The molecular formula is C47H60F3N9O3S. The Kier molecular flexibility index (Phi) is 13.5. The van der Waals surface area contributed by atoms with E-state index in [2.05, 4.69) is 29.5 Å². The Balaban J connectivity index is 0.777. The number of aldehydes is 2. The van der Waals surface area contributed by atoms with Gasteiger partial charge in [-0.15, -0.1) is 0 Å². The van der Waals surface area contributed by atoms with Crippen LogP contribution in [0.2, 0.25) is 0 Å². The molecule has 1 saturated carbocycles. The summed E-state index contributed by atoms with van der Waals surface area (Å²) in [7, 11) is 1.65. The molecule has 1 aliphatic carbocycles. The fourth-order valence-corrected chi connectivity index (χ4v) is 11.6. The van der Waals surface area contributed by atoms with Gasteiger partial charge >= 0.3 is 0 Å². The number of aromatic nitrogens is 4. The Morgan fingerprint density at radius 1 is 0.937 bits per heavy atom. The number of amides is 1. The average Bonchev–Trinajstić information content (AvgIpc) is 3.62. The van der Waals surface area contributed by atoms with E-state index in [0.29, 0.717) is 72.0 Å². The highest BCUT2D eigenvalue weighted by Crippen LogP contribution is 2.52. The minimum atomic E-state index is -0.603. The maximum Gasteiger partial charge on any atom is 0.254 e. The first-order valence-electron chi connectivity index (χ1n) is 22.6. The second kappa shape index (κ2) is 18.9. The molecule has 1 unspecified atom stereocenters. The van der Waals surface area contributed by atoms with Gasteiger partial charge in [0.2, 0.25) is 5.95 Å². The molecule has 2 aromatic heterocycles. The minimum absolute atomic E-state index is 0.0380. The number of rotatable bonds is 14. The predicted molar refractivity (Wildman–Crippen MR) is 242 cm³/mol. The van der Waals surface area contributed by atoms with Crippen LogP contribution in [0.25, 0.3) is 22.3 Å². The molecule has 4 aromatic rings. The summed E-state index contributed by atoms with van der Waals surface area (Å²) in [6.45, 7) is 13.2. The standard InChI is InChI=1S/C47H60F3N9O3S/c1-29(2)59-31(4)52-44-39(49)21-32(23-42(44)59)43-40(50)27-51-46(54-43)53-34-8-16-58(17-9-34)63-36-10-14-56(15-11-36)35-25-47(26-35)12-18-57(19-13-47)41-24-37(33(28-61)22-38(41)48)45(62)55(5)30(3)7-6-20-60/h20-24,27-30,34-36H,6-19,25-26H2,1-5H3,(H,51,53,54). The zero-order valence-corrected chi connectivity index (χ0v) is 37.9. The molecule has 0 radical (unpaired) electrons. The third-order valence-corrected chi connectivity index (χ3v) is 15.6. The minimum Gasteiger partial charge on any atom is -0.369 e. The summed E-state index contributed by atoms with van der Waals surface area (Å²) in [6, 6.07) is 6.38. The van der Waals surface area contributed by atoms with E-state index >= 15 is 13.2 Å². The van der Waals surface area contributed by atoms with Gasteiger partial charge in [0, 0.05) is 80.2 Å². The van der Waals surface area contributed by atoms with Crippen molar-refractivity contribution in [2.75, 3.05) is 56.5 Å². The molecule has 16 heteroatoms. The Labute approximate surface area is 372 Å². The van der Waals surface area contributed by atoms with Crippen LogP contribution in [0.4, 0.5) is 24.8 Å². The summed E-state index contributed by atoms with van der Waals surface area (Å²) in [5.74, 6) is -0.907. The second-order valence-electron chi connectivity index (χ2n) is 18.6. The van der Waals surface area contributed by atoms with Crippen LogP contribution in [-0.4, -0.2) is 122 Å². The molecule has 63 heavy (non-hydrogen) atoms. The van der Waals surface area contributed by atoms with E-state index in [1.165, 1.54) is 17.0 Å². The van der Waals surface area contributed by atoms with Crippen LogP contribution in [-0.2, 0) is 4.79 Å². The van der Waals surface area contributed by atoms with Crippen LogP contribution >= 0.6 is 11.9 Å². The van der Waals surface area contributed by atoms with Gasteiger partial charge < -0.3 is 29.4 Å². The van der Waals surface area contributed by atoms with E-state index in [9.17, 15) is 14.4 Å². The summed E-state index contributed by atoms with van der Waals surface area (Å²) in [5, 5.41) is 4.00. The Morgan fingerprint density at radius 3 is 2.32 bits per heavy atom. The zero-order valence-electron chi connectivity index (χ0n) is 37.1. The average molecular weight is 888 g/mol. The number of imidazole rings is 1. The molecule has 338 valence electrons. The fourth-order valence-electron chi connectivity index (χ4n) is 10.4. The molecule has 1 amide bonds. The number of fused-ring (bicyclic) bond motifs is 1. The molecule has 1 spiro atoms. The number of carbonyl (C=O) groups is 3. The Bertz CT molecular complexity index is 2310. The van der Waals surface area contributed by atoms with Gasteiger partial charge in [0.15, 0.2) is 17.9 Å². The van der Waals surface area contributed by atoms with E-state index in [0.717, 1.165) is 90.0 Å². The first-order chi connectivity index (χ1) is 30.3. The number of nitrogens with zero attached hydrogens (tertiary/aromatic N) is 8. The first kappa shape index (κ1) is 45.0. The molecular weight excluding hydrogens is 828 g/mol. The number of likely N-dealkylation sites (tertiary alicyclic amines) is 1. The van der Waals surface area contributed by atoms with Crippen LogP contribution < -0.4 is 10.2 Å². The summed E-state index contributed by atoms with van der Waals surface area (Å²) in [6.07, 6.45) is 11.8. The molecule has 3 aliphatic heterocycles. The highest BCUT2D eigenvalue weighted by Gasteiger charge is 2.48. The lowest BCUT2D eigenvalue weighted by Gasteiger charge is -2.56. The predicted octanol–water partition coefficient (Wildman–Crippen LogP) is 8.49. The van der Waals surface area contributed by atoms with Crippen molar-refractivity contribution in [2.45, 2.75) is 121 Å². The number of anilines is 2. The van der Waals surface area contributed by atoms with Crippen molar-refractivity contribution in [1.82, 2.24) is 33.6 Å². The monoisotopic (exact) mass is 887 g/mol. The third kappa shape index (κ3) is 9.49. The van der Waals surface area contributed by atoms with Crippen LogP contribution in [0.1, 0.15) is 118 Å². The summed E-state index contributed by atoms with van der Waals surface area (Å²) < 4.78 is 50.2. The molecule has 2 aromatic carbocycles. The molecule has 4 aliphatic rings. The van der Waals surface area contributed by atoms with E-state index in [-0.39, 0.29) is 51.8 Å².